The van der Waals surface area contributed by atoms with Gasteiger partial charge in [-0.15, -0.1) is 0 Å². The van der Waals surface area contributed by atoms with Crippen LogP contribution in [0.15, 0.2) is 194 Å². The number of phenolic OH excluding ortho intramolecular Hbond substituents is 6. The lowest BCUT2D eigenvalue weighted by atomic mass is 9.79. The maximum absolute atomic E-state index is 9.82. The molecule has 0 spiro atoms. The van der Waals surface area contributed by atoms with Gasteiger partial charge >= 0.3 is 28.5 Å². The molecule has 3 aliphatic heterocycles. The Morgan fingerprint density at radius 1 is 0.244 bits per heavy atom. The van der Waals surface area contributed by atoms with Crippen LogP contribution in [0.1, 0.15) is 0 Å². The van der Waals surface area contributed by atoms with Crippen molar-refractivity contribution in [1.82, 2.24) is 0 Å². The van der Waals surface area contributed by atoms with E-state index in [-0.39, 0.29) is 34.5 Å². The molecule has 0 amide bonds. The van der Waals surface area contributed by atoms with Gasteiger partial charge in [0, 0.05) is 16.4 Å². The van der Waals surface area contributed by atoms with Gasteiger partial charge in [0.1, 0.15) is 34.5 Å². The van der Waals surface area contributed by atoms with Gasteiger partial charge in [-0.05, 0) is 143 Å². The fourth-order valence-corrected chi connectivity index (χ4v) is 10.3. The number of benzene rings is 12. The highest BCUT2D eigenvalue weighted by molar-refractivity contribution is 6.65. The number of rotatable bonds is 4. The summed E-state index contributed by atoms with van der Waals surface area (Å²) in [5, 5.41) is 85.2. The minimum absolute atomic E-state index is 0.335. The molecule has 376 valence electrons. The molecule has 15 rings (SSSR count). The predicted octanol–water partition coefficient (Wildman–Crippen LogP) is 8.39. The van der Waals surface area contributed by atoms with Crippen molar-refractivity contribution < 1.29 is 68.6 Å². The molecule has 0 saturated heterocycles. The zero-order valence-corrected chi connectivity index (χ0v) is 40.8. The highest BCUT2D eigenvalue weighted by Crippen LogP contribution is 2.50. The number of fused-ring (bicyclic) bond motifs is 15. The second kappa shape index (κ2) is 19.0. The van der Waals surface area contributed by atoms with Crippen LogP contribution in [0.4, 0.5) is 0 Å². The van der Waals surface area contributed by atoms with E-state index in [1.807, 2.05) is 97.1 Å². The van der Waals surface area contributed by atoms with Crippen molar-refractivity contribution in [2.24, 2.45) is 0 Å². The lowest BCUT2D eigenvalue weighted by molar-refractivity contribution is 0.404. The van der Waals surface area contributed by atoms with Crippen LogP contribution < -0.4 is 49.8 Å². The number of hydrogen-bond acceptors (Lipinski definition) is 14. The molecule has 0 radical (unpaired) electrons. The Bertz CT molecular complexity index is 3690. The van der Waals surface area contributed by atoms with Crippen LogP contribution in [0.2, 0.25) is 0 Å². The summed E-state index contributed by atoms with van der Waals surface area (Å²) >= 11 is 0. The second-order valence-corrected chi connectivity index (χ2v) is 18.9. The summed E-state index contributed by atoms with van der Waals surface area (Å²) in [7, 11) is -2.89. The zero-order chi connectivity index (χ0) is 53.3. The normalized spacial score (nSPS) is 12.8. The van der Waals surface area contributed by atoms with E-state index in [1.54, 1.807) is 24.3 Å². The Morgan fingerprint density at radius 2 is 0.423 bits per heavy atom. The summed E-state index contributed by atoms with van der Waals surface area (Å²) in [4.78, 5) is 0. The van der Waals surface area contributed by atoms with E-state index < -0.39 is 28.5 Å². The monoisotopic (exact) mass is 1030 g/mol. The smallest absolute Gasteiger partial charge is 0.519 e. The topological polar surface area (TPSA) is 217 Å². The van der Waals surface area contributed by atoms with Crippen molar-refractivity contribution in [2.75, 3.05) is 0 Å². The first-order valence-electron chi connectivity index (χ1n) is 24.7. The quantitative estimate of drug-likeness (QED) is 0.0472. The van der Waals surface area contributed by atoms with Gasteiger partial charge in [0.15, 0.2) is 34.5 Å². The molecule has 0 unspecified atom stereocenters. The van der Waals surface area contributed by atoms with E-state index in [1.165, 1.54) is 36.4 Å². The Balaban J connectivity index is 0.000000146. The molecule has 0 fully saturated rings. The van der Waals surface area contributed by atoms with Gasteiger partial charge in [-0.25, -0.2) is 0 Å². The van der Waals surface area contributed by atoms with Crippen molar-refractivity contribution in [3.8, 4) is 69.0 Å². The first-order valence-corrected chi connectivity index (χ1v) is 24.7. The molecule has 3 heterocycles. The van der Waals surface area contributed by atoms with E-state index >= 15 is 0 Å². The largest absolute Gasteiger partial charge is 0.632 e. The third-order valence-corrected chi connectivity index (χ3v) is 14.1. The van der Waals surface area contributed by atoms with Crippen molar-refractivity contribution >= 4 is 115 Å². The van der Waals surface area contributed by atoms with Crippen LogP contribution in [0.5, 0.6) is 69.0 Å². The Kier molecular flexibility index (Phi) is 11.6. The van der Waals surface area contributed by atoms with Crippen LogP contribution in [0, 0.1) is 0 Å². The molecule has 0 saturated carbocycles. The van der Waals surface area contributed by atoms with Gasteiger partial charge in [0.2, 0.25) is 0 Å². The van der Waals surface area contributed by atoms with Gasteiger partial charge in [-0.3, -0.25) is 0 Å². The van der Waals surface area contributed by atoms with Crippen molar-refractivity contribution in [3.05, 3.63) is 194 Å². The summed E-state index contributed by atoms with van der Waals surface area (Å²) < 4.78 is 38.1. The van der Waals surface area contributed by atoms with E-state index in [0.717, 1.165) is 48.7 Å². The molecule has 78 heavy (non-hydrogen) atoms. The lowest BCUT2D eigenvalue weighted by Crippen LogP contribution is -2.38. The van der Waals surface area contributed by atoms with E-state index in [0.29, 0.717) is 72.3 Å². The minimum atomic E-state index is -1.34. The first kappa shape index (κ1) is 47.7. The maximum atomic E-state index is 9.82. The van der Waals surface area contributed by atoms with E-state index in [4.69, 9.17) is 38.0 Å². The summed E-state index contributed by atoms with van der Waals surface area (Å²) in [6.07, 6.45) is 0. The molecule has 0 atom stereocenters. The summed E-state index contributed by atoms with van der Waals surface area (Å²) in [5.74, 6) is 2.17. The van der Waals surface area contributed by atoms with Gasteiger partial charge in [-0.2, -0.15) is 0 Å². The molecule has 3 aliphatic rings. The molecule has 12 aromatic rings. The van der Waals surface area contributed by atoms with Crippen LogP contribution >= 0.6 is 0 Å². The molecule has 0 aliphatic carbocycles. The zero-order valence-electron chi connectivity index (χ0n) is 40.8. The average molecular weight is 1030 g/mol. The second-order valence-electron chi connectivity index (χ2n) is 18.9. The summed E-state index contributed by atoms with van der Waals surface area (Å²) in [5.41, 5.74) is 3.40. The van der Waals surface area contributed by atoms with Gasteiger partial charge < -0.3 is 68.6 Å². The molecular formula is C60H40B4O14. The summed E-state index contributed by atoms with van der Waals surface area (Å²) in [6, 6.07) is 59.1. The lowest BCUT2D eigenvalue weighted by Gasteiger charge is -2.14. The average Bonchev–Trinajstić information content (AvgIpc) is 4.27. The maximum Gasteiger partial charge on any atom is 0.632 e. The van der Waals surface area contributed by atoms with Crippen LogP contribution in [0.3, 0.4) is 0 Å². The summed E-state index contributed by atoms with van der Waals surface area (Å²) in [6.45, 7) is 0. The molecule has 8 N–H and O–H groups in total. The van der Waals surface area contributed by atoms with Gasteiger partial charge in [0.05, 0.1) is 0 Å². The molecule has 12 aromatic carbocycles. The molecule has 0 bridgehead atoms. The number of hydrogen-bond donors (Lipinski definition) is 8. The van der Waals surface area contributed by atoms with Crippen LogP contribution in [-0.2, 0) is 0 Å². The van der Waals surface area contributed by atoms with Crippen molar-refractivity contribution in [2.45, 2.75) is 0 Å². The highest BCUT2D eigenvalue weighted by atomic mass is 16.6. The minimum Gasteiger partial charge on any atom is -0.519 e. The fraction of sp³-hybridized carbons (Fsp3) is 0. The third-order valence-electron chi connectivity index (χ3n) is 14.1. The van der Waals surface area contributed by atoms with Crippen molar-refractivity contribution in [1.29, 1.82) is 0 Å². The van der Waals surface area contributed by atoms with E-state index in [2.05, 4.69) is 36.4 Å². The Morgan fingerprint density at radius 3 is 0.603 bits per heavy atom. The third kappa shape index (κ3) is 8.41. The number of phenols is 6. The molecule has 14 nitrogen and oxygen atoms in total. The molecule has 0 aromatic heterocycles. The van der Waals surface area contributed by atoms with Gasteiger partial charge in [-0.1, -0.05) is 121 Å². The first-order chi connectivity index (χ1) is 37.9. The van der Waals surface area contributed by atoms with Crippen LogP contribution in [0.25, 0.3) is 64.6 Å². The molecular weight excluding hydrogens is 988 g/mol. The Labute approximate surface area is 444 Å². The highest BCUT2D eigenvalue weighted by Gasteiger charge is 2.38. The Hall–Kier alpha value is -10.0. The van der Waals surface area contributed by atoms with Gasteiger partial charge in [0.25, 0.3) is 0 Å². The SMILES string of the molecule is OB(O)c1ccccc1.Oc1cc2c3cc(O)c(O)cc3c3cc(O)c(O)cc3c2cc1O.c1ccc(B2Oc3cc4c5cc6c(cc5c5cc7c(cc5c4cc3O2)OB(c2ccccc2)O7)OB(c2ccccc2)O6)cc1. The standard InChI is InChI=1S/C36H21B3O6.C18H12O6.C6H7BO2/c1-4-10-22(11-5-1)37-40-31-16-25-26(17-32(31)41-37)28-19-34-36(45-39(43-34)24-14-8-3-9-15-24)21-30(28)29-20-35-33(18-27(25)29)42-38(44-35)23-12-6-2-7-13-23;19-13-1-7-8(2-14(13)20)10-4-17(23)18(24)6-12(10)11-5-16(22)15(21)3-9(7)11;8-7(9)6-4-2-1-3-5-6/h1-21H;1-6,19-24H;1-5,8-9H. The predicted molar refractivity (Wildman–Crippen MR) is 303 cm³/mol. The van der Waals surface area contributed by atoms with E-state index in [9.17, 15) is 30.6 Å². The molecule has 18 heteroatoms. The number of aromatic hydroxyl groups is 6. The fourth-order valence-electron chi connectivity index (χ4n) is 10.3. The van der Waals surface area contributed by atoms with Crippen molar-refractivity contribution in [3.63, 3.8) is 0 Å². The van der Waals surface area contributed by atoms with Crippen LogP contribution in [-0.4, -0.2) is 69.2 Å².